The Labute approximate surface area is 201 Å². The Balaban J connectivity index is 1.61. The van der Waals surface area contributed by atoms with Gasteiger partial charge in [0.2, 0.25) is 5.96 Å². The van der Waals surface area contributed by atoms with Crippen LogP contribution in [-0.4, -0.2) is 59.4 Å². The second-order valence-corrected chi connectivity index (χ2v) is 9.89. The number of amidine groups is 1. The van der Waals surface area contributed by atoms with E-state index < -0.39 is 0 Å². The number of hydrazine groups is 1. The number of aliphatic hydroxyl groups is 1. The fourth-order valence-electron chi connectivity index (χ4n) is 5.24. The van der Waals surface area contributed by atoms with Crippen molar-refractivity contribution in [3.05, 3.63) is 23.2 Å². The molecule has 0 spiro atoms. The third-order valence-electron chi connectivity index (χ3n) is 7.16. The molecular formula is C24H37ClN6O2. The van der Waals surface area contributed by atoms with Gasteiger partial charge in [-0.3, -0.25) is 9.91 Å². The highest BCUT2D eigenvalue weighted by Crippen LogP contribution is 2.31. The van der Waals surface area contributed by atoms with Crippen LogP contribution in [0.4, 0.5) is 5.69 Å². The monoisotopic (exact) mass is 476 g/mol. The van der Waals surface area contributed by atoms with Gasteiger partial charge < -0.3 is 15.2 Å². The van der Waals surface area contributed by atoms with Gasteiger partial charge in [0.25, 0.3) is 0 Å². The van der Waals surface area contributed by atoms with Crippen molar-refractivity contribution >= 4 is 29.1 Å². The van der Waals surface area contributed by atoms with Gasteiger partial charge in [-0.2, -0.15) is 4.99 Å². The molecule has 182 valence electrons. The number of hydrogen-bond donors (Lipinski definition) is 3. The molecular weight excluding hydrogens is 440 g/mol. The highest BCUT2D eigenvalue weighted by molar-refractivity contribution is 6.32. The Kier molecular flexibility index (Phi) is 8.11. The first kappa shape index (κ1) is 24.3. The Hall–Kier alpha value is -1.87. The van der Waals surface area contributed by atoms with E-state index in [-0.39, 0.29) is 18.4 Å². The number of benzene rings is 1. The number of anilines is 1. The first-order chi connectivity index (χ1) is 16.0. The van der Waals surface area contributed by atoms with Crippen LogP contribution in [0.2, 0.25) is 5.02 Å². The summed E-state index contributed by atoms with van der Waals surface area (Å²) < 4.78 is 5.27. The highest BCUT2D eigenvalue weighted by Gasteiger charge is 2.36. The maximum atomic E-state index is 10.2. The van der Waals surface area contributed by atoms with Crippen LogP contribution in [0.1, 0.15) is 64.2 Å². The van der Waals surface area contributed by atoms with E-state index >= 15 is 0 Å². The summed E-state index contributed by atoms with van der Waals surface area (Å²) in [6.07, 6.45) is 10.1. The first-order valence-corrected chi connectivity index (χ1v) is 12.5. The van der Waals surface area contributed by atoms with Gasteiger partial charge in [-0.15, -0.1) is 0 Å². The van der Waals surface area contributed by atoms with E-state index in [0.717, 1.165) is 50.0 Å². The summed E-state index contributed by atoms with van der Waals surface area (Å²) in [6.45, 7) is 0. The second kappa shape index (κ2) is 11.0. The smallest absolute Gasteiger partial charge is 0.227 e. The number of rotatable bonds is 5. The van der Waals surface area contributed by atoms with Crippen LogP contribution >= 0.6 is 11.6 Å². The number of methoxy groups -OCH3 is 1. The second-order valence-electron chi connectivity index (χ2n) is 9.48. The van der Waals surface area contributed by atoms with E-state index in [1.807, 2.05) is 18.2 Å². The van der Waals surface area contributed by atoms with Crippen molar-refractivity contribution < 1.29 is 9.84 Å². The molecule has 8 nitrogen and oxygen atoms in total. The van der Waals surface area contributed by atoms with Gasteiger partial charge in [0.1, 0.15) is 11.6 Å². The number of aliphatic hydroxyl groups excluding tert-OH is 1. The number of guanidine groups is 1. The van der Waals surface area contributed by atoms with Crippen molar-refractivity contribution in [1.82, 2.24) is 9.91 Å². The summed E-state index contributed by atoms with van der Waals surface area (Å²) in [4.78, 5) is 12.0. The average Bonchev–Trinajstić information content (AvgIpc) is 3.09. The van der Waals surface area contributed by atoms with Gasteiger partial charge in [0, 0.05) is 17.6 Å². The lowest BCUT2D eigenvalue weighted by Gasteiger charge is -2.43. The fourth-order valence-corrected chi connectivity index (χ4v) is 5.50. The summed E-state index contributed by atoms with van der Waals surface area (Å²) >= 11 is 6.33. The molecule has 1 heterocycles. The molecule has 2 fully saturated rings. The molecule has 3 atom stereocenters. The zero-order valence-electron chi connectivity index (χ0n) is 19.7. The third kappa shape index (κ3) is 5.80. The summed E-state index contributed by atoms with van der Waals surface area (Å²) in [5, 5.41) is 15.8. The molecule has 9 heteroatoms. The predicted octanol–water partition coefficient (Wildman–Crippen LogP) is 4.19. The fraction of sp³-hybridized carbons (Fsp3) is 0.667. The first-order valence-electron chi connectivity index (χ1n) is 12.2. The van der Waals surface area contributed by atoms with Crippen LogP contribution in [0.5, 0.6) is 5.75 Å². The van der Waals surface area contributed by atoms with Crippen molar-refractivity contribution in [1.29, 1.82) is 0 Å². The standard InChI is InChI=1S/C24H37ClN6O2/c1-30(18-10-7-11-19(32)15-18)24-29-23(27-17-12-13-21(33-2)20(25)14-17)28-22(31(24)26)16-8-5-3-4-6-9-16/h12-14,16,18-19,24,32H,3-11,15,26H2,1-2H3,(H,27,29). The molecule has 1 aromatic rings. The van der Waals surface area contributed by atoms with E-state index in [4.69, 9.17) is 32.2 Å². The van der Waals surface area contributed by atoms with Crippen molar-refractivity contribution in [3.63, 3.8) is 0 Å². The normalized spacial score (nSPS) is 27.1. The minimum absolute atomic E-state index is 0.221. The molecule has 0 amide bonds. The van der Waals surface area contributed by atoms with Crippen LogP contribution < -0.4 is 15.9 Å². The van der Waals surface area contributed by atoms with Gasteiger partial charge in [0.05, 0.1) is 18.2 Å². The summed E-state index contributed by atoms with van der Waals surface area (Å²) in [7, 11) is 3.65. The number of halogens is 1. The van der Waals surface area contributed by atoms with E-state index in [2.05, 4.69) is 17.3 Å². The molecule has 0 aromatic heterocycles. The number of nitrogens with one attached hydrogen (secondary N) is 1. The summed E-state index contributed by atoms with van der Waals surface area (Å²) in [5.41, 5.74) is 0.795. The van der Waals surface area contributed by atoms with Crippen LogP contribution in [0.15, 0.2) is 28.2 Å². The molecule has 0 saturated heterocycles. The molecule has 0 radical (unpaired) electrons. The average molecular weight is 477 g/mol. The largest absolute Gasteiger partial charge is 0.495 e. The minimum Gasteiger partial charge on any atom is -0.495 e. The van der Waals surface area contributed by atoms with Crippen LogP contribution in [0.25, 0.3) is 0 Å². The zero-order chi connectivity index (χ0) is 23.4. The Bertz CT molecular complexity index is 871. The van der Waals surface area contributed by atoms with E-state index in [9.17, 15) is 5.11 Å². The lowest BCUT2D eigenvalue weighted by atomic mass is 9.92. The van der Waals surface area contributed by atoms with E-state index in [0.29, 0.717) is 22.6 Å². The van der Waals surface area contributed by atoms with Crippen molar-refractivity contribution in [2.75, 3.05) is 19.5 Å². The number of ether oxygens (including phenoxy) is 1. The van der Waals surface area contributed by atoms with Crippen LogP contribution in [-0.2, 0) is 0 Å². The lowest BCUT2D eigenvalue weighted by molar-refractivity contribution is 0.0203. The molecule has 1 aliphatic heterocycles. The van der Waals surface area contributed by atoms with Crippen LogP contribution in [0, 0.1) is 5.92 Å². The topological polar surface area (TPSA) is 98.7 Å². The Morgan fingerprint density at radius 3 is 2.58 bits per heavy atom. The minimum atomic E-state index is -0.382. The molecule has 33 heavy (non-hydrogen) atoms. The van der Waals surface area contributed by atoms with Gasteiger partial charge in [-0.1, -0.05) is 37.3 Å². The zero-order valence-corrected chi connectivity index (χ0v) is 20.5. The molecule has 2 saturated carbocycles. The maximum Gasteiger partial charge on any atom is 0.227 e. The molecule has 0 bridgehead atoms. The van der Waals surface area contributed by atoms with Gasteiger partial charge in [-0.25, -0.2) is 10.8 Å². The predicted molar refractivity (Wildman–Crippen MR) is 134 cm³/mol. The molecule has 4 rings (SSSR count). The van der Waals surface area contributed by atoms with Gasteiger partial charge in [-0.05, 0) is 63.8 Å². The van der Waals surface area contributed by atoms with Crippen molar-refractivity contribution in [2.45, 2.75) is 82.6 Å². The van der Waals surface area contributed by atoms with Crippen molar-refractivity contribution in [2.24, 2.45) is 21.7 Å². The number of nitrogens with two attached hydrogens (primary N) is 1. The molecule has 2 aliphatic carbocycles. The van der Waals surface area contributed by atoms with E-state index in [1.54, 1.807) is 12.1 Å². The summed E-state index contributed by atoms with van der Waals surface area (Å²) in [6, 6.07) is 5.76. The number of hydrogen-bond acceptors (Lipinski definition) is 8. The SMILES string of the molecule is COc1ccc(NC2=NC(N(C)C3CCCC(O)C3)N(N)C(C3CCCCCC3)=N2)cc1Cl. The van der Waals surface area contributed by atoms with Crippen molar-refractivity contribution in [3.8, 4) is 5.75 Å². The maximum absolute atomic E-state index is 10.2. The molecule has 4 N–H and O–H groups in total. The number of aliphatic imine (C=N–C) groups is 2. The quantitative estimate of drug-likeness (QED) is 0.435. The van der Waals surface area contributed by atoms with Gasteiger partial charge >= 0.3 is 0 Å². The summed E-state index contributed by atoms with van der Waals surface area (Å²) in [5.74, 6) is 9.05. The Morgan fingerprint density at radius 1 is 1.15 bits per heavy atom. The van der Waals surface area contributed by atoms with Crippen LogP contribution in [0.3, 0.4) is 0 Å². The highest BCUT2D eigenvalue weighted by atomic mass is 35.5. The molecule has 3 unspecified atom stereocenters. The Morgan fingerprint density at radius 2 is 1.91 bits per heavy atom. The molecule has 3 aliphatic rings. The lowest BCUT2D eigenvalue weighted by Crippen LogP contribution is -2.59. The third-order valence-corrected chi connectivity index (χ3v) is 7.45. The van der Waals surface area contributed by atoms with E-state index in [1.165, 1.54) is 25.7 Å². The number of nitrogens with zero attached hydrogens (tertiary/aromatic N) is 4. The van der Waals surface area contributed by atoms with Gasteiger partial charge in [0.15, 0.2) is 6.29 Å². The molecule has 1 aromatic carbocycles.